The minimum Gasteiger partial charge on any atom is -0.486 e. The summed E-state index contributed by atoms with van der Waals surface area (Å²) in [6.45, 7) is 13.2. The van der Waals surface area contributed by atoms with E-state index in [1.165, 1.54) is 16.7 Å². The Kier molecular flexibility index (Phi) is 10.4. The van der Waals surface area contributed by atoms with E-state index in [0.717, 1.165) is 74.5 Å². The number of rotatable bonds is 14. The van der Waals surface area contributed by atoms with Crippen molar-refractivity contribution in [2.75, 3.05) is 26.4 Å². The quantitative estimate of drug-likeness (QED) is 0.227. The Morgan fingerprint density at radius 2 is 1.63 bits per heavy atom. The molecular weight excluding hydrogens is 474 g/mol. The lowest BCUT2D eigenvalue weighted by Crippen LogP contribution is -2.26. The Hall–Kier alpha value is -3.12. The Morgan fingerprint density at radius 3 is 2.37 bits per heavy atom. The summed E-state index contributed by atoms with van der Waals surface area (Å²) in [5.74, 6) is 2.75. The van der Waals surface area contributed by atoms with E-state index in [4.69, 9.17) is 19.3 Å². The molecule has 0 spiro atoms. The van der Waals surface area contributed by atoms with Gasteiger partial charge >= 0.3 is 0 Å². The fourth-order valence-electron chi connectivity index (χ4n) is 4.73. The lowest BCUT2D eigenvalue weighted by Gasteiger charge is -2.26. The van der Waals surface area contributed by atoms with Crippen LogP contribution in [0.4, 0.5) is 0 Å². The van der Waals surface area contributed by atoms with Crippen LogP contribution in [-0.2, 0) is 19.5 Å². The lowest BCUT2D eigenvalue weighted by molar-refractivity contribution is 0.171. The summed E-state index contributed by atoms with van der Waals surface area (Å²) in [4.78, 5) is 2.51. The van der Waals surface area contributed by atoms with Crippen LogP contribution in [0.3, 0.4) is 0 Å². The van der Waals surface area contributed by atoms with Gasteiger partial charge in [-0.25, -0.2) is 0 Å². The molecule has 1 aliphatic heterocycles. The third-order valence-electron chi connectivity index (χ3n) is 6.75. The average Bonchev–Trinajstić information content (AvgIpc) is 2.94. The Balaban J connectivity index is 1.71. The first-order valence-corrected chi connectivity index (χ1v) is 14.3. The highest BCUT2D eigenvalue weighted by Gasteiger charge is 2.22. The smallest absolute Gasteiger partial charge is 0.238 e. The molecule has 0 amide bonds. The number of hydrogen-bond donors (Lipinski definition) is 0. The van der Waals surface area contributed by atoms with Gasteiger partial charge in [0.2, 0.25) is 5.88 Å². The molecule has 6 nitrogen and oxygen atoms in total. The molecule has 2 heterocycles. The monoisotopic (exact) mass is 517 g/mol. The van der Waals surface area contributed by atoms with Crippen LogP contribution in [-0.4, -0.2) is 41.5 Å². The molecule has 0 unspecified atom stereocenters. The molecule has 0 bridgehead atoms. The molecule has 38 heavy (non-hydrogen) atoms. The first kappa shape index (κ1) is 27.9. The minimum absolute atomic E-state index is 0.409. The molecule has 0 radical (unpaired) electrons. The molecule has 204 valence electrons. The van der Waals surface area contributed by atoms with Gasteiger partial charge in [0.25, 0.3) is 0 Å². The number of fused-ring (bicyclic) bond motifs is 1. The predicted octanol–water partition coefficient (Wildman–Crippen LogP) is 7.09. The highest BCUT2D eigenvalue weighted by Crippen LogP contribution is 2.34. The second-order valence-corrected chi connectivity index (χ2v) is 10.5. The highest BCUT2D eigenvalue weighted by atomic mass is 16.6. The van der Waals surface area contributed by atoms with Gasteiger partial charge in [0, 0.05) is 24.2 Å². The van der Waals surface area contributed by atoms with Crippen molar-refractivity contribution in [3.05, 3.63) is 65.2 Å². The maximum Gasteiger partial charge on any atom is 0.238 e. The number of ether oxygens (including phenoxy) is 3. The molecule has 6 heteroatoms. The van der Waals surface area contributed by atoms with Crippen molar-refractivity contribution in [3.8, 4) is 28.6 Å². The third-order valence-corrected chi connectivity index (χ3v) is 6.75. The highest BCUT2D eigenvalue weighted by molar-refractivity contribution is 5.65. The molecule has 4 rings (SSSR count). The van der Waals surface area contributed by atoms with E-state index in [0.29, 0.717) is 31.6 Å². The second-order valence-electron chi connectivity index (χ2n) is 10.5. The van der Waals surface area contributed by atoms with Crippen molar-refractivity contribution in [2.45, 2.75) is 72.9 Å². The minimum atomic E-state index is 0.409. The van der Waals surface area contributed by atoms with E-state index in [-0.39, 0.29) is 0 Å². The van der Waals surface area contributed by atoms with Crippen LogP contribution < -0.4 is 14.2 Å². The van der Waals surface area contributed by atoms with Crippen molar-refractivity contribution in [2.24, 2.45) is 5.92 Å². The fraction of sp³-hybridized carbons (Fsp3) is 0.500. The summed E-state index contributed by atoms with van der Waals surface area (Å²) < 4.78 is 17.9. The molecule has 3 aromatic rings. The zero-order valence-corrected chi connectivity index (χ0v) is 23.5. The van der Waals surface area contributed by atoms with E-state index >= 15 is 0 Å². The van der Waals surface area contributed by atoms with Crippen LogP contribution in [0.25, 0.3) is 11.3 Å². The molecule has 0 aliphatic carbocycles. The Labute approximate surface area is 228 Å². The van der Waals surface area contributed by atoms with Gasteiger partial charge in [-0.05, 0) is 55.0 Å². The Bertz CT molecular complexity index is 1150. The summed E-state index contributed by atoms with van der Waals surface area (Å²) in [5, 5.41) is 9.38. The molecule has 0 fully saturated rings. The SMILES string of the molecule is CCCCc1c(-c2ccccc2)nnc(OCC(C)C)c1CN(CCCC)Cc1ccc2c(c1)OCCO2. The average molecular weight is 518 g/mol. The topological polar surface area (TPSA) is 56.7 Å². The van der Waals surface area contributed by atoms with Crippen molar-refractivity contribution in [3.63, 3.8) is 0 Å². The number of unbranched alkanes of at least 4 members (excludes halogenated alkanes) is 2. The lowest BCUT2D eigenvalue weighted by atomic mass is 9.96. The first-order chi connectivity index (χ1) is 18.6. The summed E-state index contributed by atoms with van der Waals surface area (Å²) in [5.41, 5.74) is 5.72. The van der Waals surface area contributed by atoms with Crippen molar-refractivity contribution < 1.29 is 14.2 Å². The van der Waals surface area contributed by atoms with Gasteiger partial charge in [-0.1, -0.05) is 76.9 Å². The van der Waals surface area contributed by atoms with Gasteiger partial charge in [0.15, 0.2) is 11.5 Å². The first-order valence-electron chi connectivity index (χ1n) is 14.3. The van der Waals surface area contributed by atoms with Crippen molar-refractivity contribution in [1.82, 2.24) is 15.1 Å². The standard InChI is InChI=1S/C32H43N3O3/c1-5-7-14-27-28(32(38-23-24(3)4)34-33-31(27)26-12-10-9-11-13-26)22-35(17-8-6-2)21-25-15-16-29-30(20-25)37-19-18-36-29/h9-13,15-16,20,24H,5-8,14,17-19,21-23H2,1-4H3. The molecular formula is C32H43N3O3. The van der Waals surface area contributed by atoms with Gasteiger partial charge in [-0.2, -0.15) is 0 Å². The summed E-state index contributed by atoms with van der Waals surface area (Å²) in [7, 11) is 0. The van der Waals surface area contributed by atoms with E-state index in [2.05, 4.69) is 74.1 Å². The number of benzene rings is 2. The van der Waals surface area contributed by atoms with Gasteiger partial charge in [0.05, 0.1) is 12.3 Å². The van der Waals surface area contributed by atoms with Gasteiger partial charge in [-0.15, -0.1) is 10.2 Å². The molecule has 2 aromatic carbocycles. The fourth-order valence-corrected chi connectivity index (χ4v) is 4.73. The van der Waals surface area contributed by atoms with E-state index in [1.54, 1.807) is 0 Å². The zero-order valence-electron chi connectivity index (χ0n) is 23.5. The van der Waals surface area contributed by atoms with Crippen LogP contribution >= 0.6 is 0 Å². The van der Waals surface area contributed by atoms with E-state index < -0.39 is 0 Å². The van der Waals surface area contributed by atoms with Crippen molar-refractivity contribution >= 4 is 0 Å². The third kappa shape index (κ3) is 7.47. The van der Waals surface area contributed by atoms with E-state index in [1.807, 2.05) is 12.1 Å². The summed E-state index contributed by atoms with van der Waals surface area (Å²) in [6, 6.07) is 16.8. The number of hydrogen-bond acceptors (Lipinski definition) is 6. The largest absolute Gasteiger partial charge is 0.486 e. The van der Waals surface area contributed by atoms with Gasteiger partial charge in [0.1, 0.15) is 13.2 Å². The predicted molar refractivity (Wildman–Crippen MR) is 153 cm³/mol. The summed E-state index contributed by atoms with van der Waals surface area (Å²) >= 11 is 0. The maximum atomic E-state index is 6.30. The van der Waals surface area contributed by atoms with Crippen LogP contribution in [0.5, 0.6) is 17.4 Å². The normalized spacial score (nSPS) is 12.8. The van der Waals surface area contributed by atoms with Crippen molar-refractivity contribution in [1.29, 1.82) is 0 Å². The molecule has 0 saturated carbocycles. The zero-order chi connectivity index (χ0) is 26.7. The maximum absolute atomic E-state index is 6.30. The molecule has 1 aliphatic rings. The molecule has 0 atom stereocenters. The van der Waals surface area contributed by atoms with Gasteiger partial charge in [-0.3, -0.25) is 4.90 Å². The number of aromatic nitrogens is 2. The number of nitrogens with zero attached hydrogens (tertiary/aromatic N) is 3. The second kappa shape index (κ2) is 14.1. The van der Waals surface area contributed by atoms with E-state index in [9.17, 15) is 0 Å². The van der Waals surface area contributed by atoms with Crippen LogP contribution in [0.2, 0.25) is 0 Å². The summed E-state index contributed by atoms with van der Waals surface area (Å²) in [6.07, 6.45) is 5.44. The molecule has 0 saturated heterocycles. The van der Waals surface area contributed by atoms with Crippen LogP contribution in [0, 0.1) is 5.92 Å². The van der Waals surface area contributed by atoms with Gasteiger partial charge < -0.3 is 14.2 Å². The Morgan fingerprint density at radius 1 is 0.868 bits per heavy atom. The molecule has 1 aromatic heterocycles. The van der Waals surface area contributed by atoms with Crippen LogP contribution in [0.1, 0.15) is 70.1 Å². The van der Waals surface area contributed by atoms with Crippen LogP contribution in [0.15, 0.2) is 48.5 Å². The molecule has 0 N–H and O–H groups in total.